The molecule has 180 valence electrons. The molecule has 0 radical (unpaired) electrons. The van der Waals surface area contributed by atoms with Gasteiger partial charge in [0.1, 0.15) is 11.6 Å². The third kappa shape index (κ3) is 4.09. The van der Waals surface area contributed by atoms with Gasteiger partial charge in [-0.1, -0.05) is 18.2 Å². The van der Waals surface area contributed by atoms with Gasteiger partial charge in [0.2, 0.25) is 0 Å². The van der Waals surface area contributed by atoms with E-state index in [4.69, 9.17) is 18.6 Å². The second-order valence-electron chi connectivity index (χ2n) is 8.86. The number of cyclic esters (lactones) is 2. The number of aromatic nitrogens is 1. The lowest BCUT2D eigenvalue weighted by atomic mass is 10.1. The number of fused-ring (bicyclic) bond motifs is 1. The maximum absolute atomic E-state index is 13.1. The van der Waals surface area contributed by atoms with Crippen LogP contribution in [-0.2, 0) is 25.5 Å². The van der Waals surface area contributed by atoms with Crippen molar-refractivity contribution in [2.45, 2.75) is 39.0 Å². The minimum Gasteiger partial charge on any atom is -0.496 e. The zero-order valence-electron chi connectivity index (χ0n) is 19.8. The van der Waals surface area contributed by atoms with Crippen molar-refractivity contribution in [3.05, 3.63) is 72.0 Å². The maximum Gasteiger partial charge on any atom is 0.352 e. The molecular weight excluding hydrogens is 450 g/mol. The van der Waals surface area contributed by atoms with E-state index in [1.807, 2.05) is 42.2 Å². The van der Waals surface area contributed by atoms with Crippen LogP contribution in [0.25, 0.3) is 11.3 Å². The number of ether oxygens (including phenoxy) is 3. The number of hydrogen-bond acceptors (Lipinski definition) is 9. The highest BCUT2D eigenvalue weighted by molar-refractivity contribution is 6.17. The van der Waals surface area contributed by atoms with Gasteiger partial charge in [0.05, 0.1) is 18.9 Å². The number of carbonyl (C=O) groups is 2. The van der Waals surface area contributed by atoms with Crippen LogP contribution in [0.3, 0.4) is 0 Å². The maximum atomic E-state index is 13.1. The summed E-state index contributed by atoms with van der Waals surface area (Å²) in [5, 5.41) is 3.28. The molecule has 5 rings (SSSR count). The van der Waals surface area contributed by atoms with E-state index in [0.717, 1.165) is 17.7 Å². The summed E-state index contributed by atoms with van der Waals surface area (Å²) in [7, 11) is 1.55. The van der Waals surface area contributed by atoms with Gasteiger partial charge in [0, 0.05) is 37.3 Å². The van der Waals surface area contributed by atoms with Crippen molar-refractivity contribution in [2.75, 3.05) is 17.3 Å². The summed E-state index contributed by atoms with van der Waals surface area (Å²) < 4.78 is 21.8. The first-order valence-electron chi connectivity index (χ1n) is 11.2. The van der Waals surface area contributed by atoms with Gasteiger partial charge < -0.3 is 28.8 Å². The van der Waals surface area contributed by atoms with Crippen molar-refractivity contribution in [1.29, 1.82) is 0 Å². The zero-order chi connectivity index (χ0) is 24.7. The lowest BCUT2D eigenvalue weighted by Gasteiger charge is -2.34. The standard InChI is InChI=1S/C26H25N3O6/c1-15-11-16-7-5-6-8-19(16)29(15)23(22-24(30)34-26(2,3)35-25(22)31)28-17-9-10-18(20(12-17)32-4)21-13-27-14-33-21/h5-10,12-15,28H,11H2,1-4H3/t15-/m1/s1. The molecule has 0 aliphatic carbocycles. The molecule has 1 fully saturated rings. The number of hydrogen-bond donors (Lipinski definition) is 1. The summed E-state index contributed by atoms with van der Waals surface area (Å²) in [6.45, 7) is 5.07. The Kier molecular flexibility index (Phi) is 5.47. The Morgan fingerprint density at radius 1 is 1.14 bits per heavy atom. The van der Waals surface area contributed by atoms with E-state index < -0.39 is 17.7 Å². The summed E-state index contributed by atoms with van der Waals surface area (Å²) >= 11 is 0. The molecule has 3 aromatic rings. The van der Waals surface area contributed by atoms with E-state index in [9.17, 15) is 9.59 Å². The topological polar surface area (TPSA) is 103 Å². The Morgan fingerprint density at radius 2 is 1.89 bits per heavy atom. The van der Waals surface area contributed by atoms with E-state index in [2.05, 4.69) is 10.3 Å². The smallest absolute Gasteiger partial charge is 0.352 e. The number of oxazole rings is 1. The molecule has 0 amide bonds. The average Bonchev–Trinajstić information content (AvgIpc) is 3.44. The highest BCUT2D eigenvalue weighted by Gasteiger charge is 2.44. The van der Waals surface area contributed by atoms with Crippen molar-refractivity contribution in [1.82, 2.24) is 4.98 Å². The van der Waals surface area contributed by atoms with Crippen LogP contribution in [0.5, 0.6) is 5.75 Å². The fourth-order valence-electron chi connectivity index (χ4n) is 4.45. The first-order chi connectivity index (χ1) is 16.8. The van der Waals surface area contributed by atoms with Crippen molar-refractivity contribution in [2.24, 2.45) is 0 Å². The van der Waals surface area contributed by atoms with Crippen LogP contribution in [-0.4, -0.2) is 35.9 Å². The molecule has 0 bridgehead atoms. The summed E-state index contributed by atoms with van der Waals surface area (Å²) in [6, 6.07) is 13.2. The lowest BCUT2D eigenvalue weighted by Crippen LogP contribution is -2.45. The molecule has 1 atom stereocenters. The molecule has 9 nitrogen and oxygen atoms in total. The number of nitrogens with one attached hydrogen (secondary N) is 1. The van der Waals surface area contributed by atoms with Gasteiger partial charge in [-0.25, -0.2) is 14.6 Å². The van der Waals surface area contributed by atoms with E-state index in [0.29, 0.717) is 22.8 Å². The van der Waals surface area contributed by atoms with E-state index in [-0.39, 0.29) is 17.4 Å². The molecule has 35 heavy (non-hydrogen) atoms. The summed E-state index contributed by atoms with van der Waals surface area (Å²) in [6.07, 6.45) is 3.69. The summed E-state index contributed by atoms with van der Waals surface area (Å²) in [5.74, 6) is -1.50. The van der Waals surface area contributed by atoms with Gasteiger partial charge in [-0.2, -0.15) is 0 Å². The highest BCUT2D eigenvalue weighted by Crippen LogP contribution is 2.39. The molecule has 0 spiro atoms. The van der Waals surface area contributed by atoms with Crippen LogP contribution < -0.4 is 15.0 Å². The lowest BCUT2D eigenvalue weighted by molar-refractivity contribution is -0.222. The van der Waals surface area contributed by atoms with Gasteiger partial charge in [-0.05, 0) is 37.1 Å². The average molecular weight is 476 g/mol. The first-order valence-corrected chi connectivity index (χ1v) is 11.2. The van der Waals surface area contributed by atoms with E-state index in [1.54, 1.807) is 25.4 Å². The molecule has 2 aliphatic rings. The molecular formula is C26H25N3O6. The second-order valence-corrected chi connectivity index (χ2v) is 8.86. The molecule has 0 saturated carbocycles. The van der Waals surface area contributed by atoms with Crippen LogP contribution in [0, 0.1) is 0 Å². The summed E-state index contributed by atoms with van der Waals surface area (Å²) in [4.78, 5) is 32.0. The van der Waals surface area contributed by atoms with Crippen LogP contribution >= 0.6 is 0 Å². The number of para-hydroxylation sites is 1. The van der Waals surface area contributed by atoms with Crippen LogP contribution in [0.1, 0.15) is 26.3 Å². The molecule has 1 N–H and O–H groups in total. The Labute approximate surface area is 202 Å². The van der Waals surface area contributed by atoms with Crippen molar-refractivity contribution in [3.8, 4) is 17.1 Å². The van der Waals surface area contributed by atoms with Crippen molar-refractivity contribution >= 4 is 23.3 Å². The third-order valence-corrected chi connectivity index (χ3v) is 5.93. The Morgan fingerprint density at radius 3 is 2.57 bits per heavy atom. The molecule has 2 aliphatic heterocycles. The minimum absolute atomic E-state index is 0.0340. The first kappa shape index (κ1) is 22.5. The molecule has 2 aromatic carbocycles. The van der Waals surface area contributed by atoms with E-state index >= 15 is 0 Å². The Balaban J connectivity index is 1.62. The van der Waals surface area contributed by atoms with Crippen molar-refractivity contribution in [3.63, 3.8) is 0 Å². The van der Waals surface area contributed by atoms with E-state index in [1.165, 1.54) is 20.2 Å². The number of esters is 2. The predicted molar refractivity (Wildman–Crippen MR) is 127 cm³/mol. The van der Waals surface area contributed by atoms with Gasteiger partial charge in [-0.3, -0.25) is 0 Å². The quantitative estimate of drug-likeness (QED) is 0.329. The molecule has 9 heteroatoms. The normalized spacial score (nSPS) is 18.6. The fourth-order valence-corrected chi connectivity index (χ4v) is 4.45. The van der Waals surface area contributed by atoms with Crippen LogP contribution in [0.4, 0.5) is 11.4 Å². The number of methoxy groups -OCH3 is 1. The second kappa shape index (κ2) is 8.50. The highest BCUT2D eigenvalue weighted by atomic mass is 16.7. The predicted octanol–water partition coefficient (Wildman–Crippen LogP) is 4.26. The molecule has 0 unspecified atom stereocenters. The number of anilines is 2. The number of benzene rings is 2. The van der Waals surface area contributed by atoms with Gasteiger partial charge in [0.25, 0.3) is 5.79 Å². The summed E-state index contributed by atoms with van der Waals surface area (Å²) in [5.41, 5.74) is 3.10. The third-order valence-electron chi connectivity index (χ3n) is 5.93. The Bertz CT molecular complexity index is 1310. The number of rotatable bonds is 5. The number of nitrogens with zero attached hydrogens (tertiary/aromatic N) is 2. The zero-order valence-corrected chi connectivity index (χ0v) is 19.8. The largest absolute Gasteiger partial charge is 0.496 e. The Hall–Kier alpha value is -4.27. The molecule has 1 aromatic heterocycles. The van der Waals surface area contributed by atoms with Gasteiger partial charge >= 0.3 is 11.9 Å². The van der Waals surface area contributed by atoms with Gasteiger partial charge in [-0.15, -0.1) is 0 Å². The SMILES string of the molecule is COc1cc(NC(=C2C(=O)OC(C)(C)OC2=O)N2c3ccccc3C[C@H]2C)ccc1-c1cnco1. The minimum atomic E-state index is -1.35. The van der Waals surface area contributed by atoms with Crippen LogP contribution in [0.15, 0.2) is 70.9 Å². The van der Waals surface area contributed by atoms with Crippen molar-refractivity contribution < 1.29 is 28.2 Å². The molecule has 1 saturated heterocycles. The number of carbonyl (C=O) groups excluding carboxylic acids is 2. The van der Waals surface area contributed by atoms with Gasteiger partial charge in [0.15, 0.2) is 17.7 Å². The monoisotopic (exact) mass is 475 g/mol. The van der Waals surface area contributed by atoms with Crippen LogP contribution in [0.2, 0.25) is 0 Å². The fraction of sp³-hybridized carbons (Fsp3) is 0.269. The molecule has 3 heterocycles.